The van der Waals surface area contributed by atoms with Gasteiger partial charge in [0.05, 0.1) is 4.90 Å². The van der Waals surface area contributed by atoms with E-state index in [0.29, 0.717) is 11.4 Å². The first kappa shape index (κ1) is 15.6. The van der Waals surface area contributed by atoms with Crippen LogP contribution in [0.4, 0.5) is 0 Å². The lowest BCUT2D eigenvalue weighted by Crippen LogP contribution is -2.40. The van der Waals surface area contributed by atoms with Gasteiger partial charge in [0.25, 0.3) is 0 Å². The Labute approximate surface area is 114 Å². The van der Waals surface area contributed by atoms with Crippen molar-refractivity contribution in [3.8, 4) is 0 Å². The molecule has 0 unspecified atom stereocenters. The lowest BCUT2D eigenvalue weighted by molar-refractivity contribution is 0.491. The summed E-state index contributed by atoms with van der Waals surface area (Å²) in [7, 11) is -3.42. The van der Waals surface area contributed by atoms with Gasteiger partial charge >= 0.3 is 0 Å². The van der Waals surface area contributed by atoms with Crippen LogP contribution >= 0.6 is 11.3 Å². The average Bonchev–Trinajstić information content (AvgIpc) is 2.53. The van der Waals surface area contributed by atoms with Gasteiger partial charge in [-0.3, -0.25) is 0 Å². The molecule has 0 aliphatic carbocycles. The molecule has 0 aliphatic heterocycles. The zero-order chi connectivity index (χ0) is 14.0. The van der Waals surface area contributed by atoms with E-state index >= 15 is 0 Å². The topological polar surface area (TPSA) is 58.2 Å². The Bertz CT molecular complexity index is 499. The van der Waals surface area contributed by atoms with E-state index in [1.807, 2.05) is 34.6 Å². The molecule has 0 aromatic carbocycles. The maximum atomic E-state index is 12.2. The molecule has 0 amide bonds. The molecule has 104 valence electrons. The smallest absolute Gasteiger partial charge is 0.242 e. The number of sulfonamides is 1. The van der Waals surface area contributed by atoms with E-state index in [1.165, 1.54) is 11.3 Å². The Balaban J connectivity index is 2.99. The van der Waals surface area contributed by atoms with Crippen LogP contribution in [-0.2, 0) is 16.6 Å². The second kappa shape index (κ2) is 5.69. The van der Waals surface area contributed by atoms with Crippen LogP contribution in [-0.4, -0.2) is 20.5 Å². The van der Waals surface area contributed by atoms with E-state index in [2.05, 4.69) is 10.0 Å². The van der Waals surface area contributed by atoms with E-state index < -0.39 is 15.6 Å². The van der Waals surface area contributed by atoms with Gasteiger partial charge in [0.2, 0.25) is 10.0 Å². The third-order valence-corrected chi connectivity index (χ3v) is 5.27. The number of hydrogen-bond acceptors (Lipinski definition) is 4. The first-order valence-electron chi connectivity index (χ1n) is 5.99. The van der Waals surface area contributed by atoms with Crippen molar-refractivity contribution in [1.29, 1.82) is 0 Å². The minimum Gasteiger partial charge on any atom is -0.312 e. The second-order valence-corrected chi connectivity index (χ2v) is 8.26. The molecule has 2 N–H and O–H groups in total. The van der Waals surface area contributed by atoms with Gasteiger partial charge in [0.15, 0.2) is 0 Å². The van der Waals surface area contributed by atoms with Gasteiger partial charge in [-0.05, 0) is 40.3 Å². The van der Waals surface area contributed by atoms with Crippen molar-refractivity contribution in [2.45, 2.75) is 51.6 Å². The van der Waals surface area contributed by atoms with Crippen LogP contribution in [0.5, 0.6) is 0 Å². The monoisotopic (exact) mass is 290 g/mol. The molecular weight excluding hydrogens is 268 g/mol. The van der Waals surface area contributed by atoms with Crippen LogP contribution in [0.2, 0.25) is 0 Å². The Morgan fingerprint density at radius 2 is 1.94 bits per heavy atom. The van der Waals surface area contributed by atoms with Crippen LogP contribution in [0.25, 0.3) is 0 Å². The lowest BCUT2D eigenvalue weighted by atomic mass is 10.1. The van der Waals surface area contributed by atoms with Crippen molar-refractivity contribution in [3.05, 3.63) is 15.8 Å². The third-order valence-electron chi connectivity index (χ3n) is 2.20. The predicted molar refractivity (Wildman–Crippen MR) is 76.5 cm³/mol. The van der Waals surface area contributed by atoms with Gasteiger partial charge in [0.1, 0.15) is 0 Å². The van der Waals surface area contributed by atoms with Crippen molar-refractivity contribution in [1.82, 2.24) is 10.0 Å². The largest absolute Gasteiger partial charge is 0.312 e. The van der Waals surface area contributed by atoms with Gasteiger partial charge in [-0.2, -0.15) is 0 Å². The van der Waals surface area contributed by atoms with E-state index in [4.69, 9.17) is 0 Å². The number of rotatable bonds is 5. The quantitative estimate of drug-likeness (QED) is 0.874. The predicted octanol–water partition coefficient (Wildman–Crippen LogP) is 2.24. The Kier molecular flexibility index (Phi) is 4.94. The van der Waals surface area contributed by atoms with E-state index in [1.54, 1.807) is 6.07 Å². The molecule has 0 atom stereocenters. The molecule has 1 aromatic heterocycles. The molecule has 0 fully saturated rings. The summed E-state index contributed by atoms with van der Waals surface area (Å²) in [6.07, 6.45) is 0. The molecule has 0 bridgehead atoms. The first-order valence-corrected chi connectivity index (χ1v) is 8.29. The van der Waals surface area contributed by atoms with Gasteiger partial charge in [-0.1, -0.05) is 6.92 Å². The summed E-state index contributed by atoms with van der Waals surface area (Å²) in [5.74, 6) is 0. The Morgan fingerprint density at radius 3 is 2.44 bits per heavy atom. The van der Waals surface area contributed by atoms with Gasteiger partial charge < -0.3 is 5.32 Å². The highest BCUT2D eigenvalue weighted by molar-refractivity contribution is 7.89. The molecule has 1 rings (SSSR count). The summed E-state index contributed by atoms with van der Waals surface area (Å²) in [5.41, 5.74) is -0.463. The molecule has 1 heterocycles. The molecular formula is C12H22N2O2S2. The fourth-order valence-corrected chi connectivity index (χ4v) is 4.61. The van der Waals surface area contributed by atoms with Crippen molar-refractivity contribution in [2.75, 3.05) is 6.54 Å². The molecule has 0 saturated heterocycles. The Morgan fingerprint density at radius 1 is 1.33 bits per heavy atom. The highest BCUT2D eigenvalue weighted by Crippen LogP contribution is 2.26. The van der Waals surface area contributed by atoms with Crippen molar-refractivity contribution in [2.24, 2.45) is 0 Å². The fourth-order valence-electron chi connectivity index (χ4n) is 1.58. The summed E-state index contributed by atoms with van der Waals surface area (Å²) >= 11 is 1.53. The molecule has 0 radical (unpaired) electrons. The first-order chi connectivity index (χ1) is 8.15. The van der Waals surface area contributed by atoms with E-state index in [0.717, 1.165) is 16.3 Å². The Hall–Kier alpha value is -0.430. The lowest BCUT2D eigenvalue weighted by Gasteiger charge is -2.20. The van der Waals surface area contributed by atoms with Crippen LogP contribution < -0.4 is 10.0 Å². The number of aryl methyl sites for hydroxylation is 1. The maximum Gasteiger partial charge on any atom is 0.242 e. The number of thiophene rings is 1. The molecule has 0 spiro atoms. The standard InChI is InChI=1S/C12H22N2O2S2/c1-6-13-8-10-7-11(9(2)17-10)18(15,16)14-12(3,4)5/h7,13-14H,6,8H2,1-5H3. The summed E-state index contributed by atoms with van der Waals surface area (Å²) in [4.78, 5) is 2.28. The molecule has 0 aliphatic rings. The highest BCUT2D eigenvalue weighted by Gasteiger charge is 2.25. The summed E-state index contributed by atoms with van der Waals surface area (Å²) in [5, 5.41) is 3.20. The van der Waals surface area contributed by atoms with Crippen LogP contribution in [0.3, 0.4) is 0 Å². The van der Waals surface area contributed by atoms with E-state index in [-0.39, 0.29) is 0 Å². The minimum atomic E-state index is -3.42. The van der Waals surface area contributed by atoms with Gasteiger partial charge in [0, 0.05) is 21.8 Å². The van der Waals surface area contributed by atoms with Crippen LogP contribution in [0, 0.1) is 6.92 Å². The normalized spacial score (nSPS) is 12.9. The summed E-state index contributed by atoms with van der Waals surface area (Å²) < 4.78 is 27.1. The second-order valence-electron chi connectivity index (χ2n) is 5.27. The fraction of sp³-hybridized carbons (Fsp3) is 0.667. The molecule has 0 saturated carbocycles. The highest BCUT2D eigenvalue weighted by atomic mass is 32.2. The minimum absolute atomic E-state index is 0.398. The van der Waals surface area contributed by atoms with Gasteiger partial charge in [-0.15, -0.1) is 11.3 Å². The molecule has 6 heteroatoms. The van der Waals surface area contributed by atoms with Crippen molar-refractivity contribution < 1.29 is 8.42 Å². The van der Waals surface area contributed by atoms with E-state index in [9.17, 15) is 8.42 Å². The number of hydrogen-bond donors (Lipinski definition) is 2. The zero-order valence-electron chi connectivity index (χ0n) is 11.6. The third kappa shape index (κ3) is 4.35. The van der Waals surface area contributed by atoms with Crippen LogP contribution in [0.1, 0.15) is 37.4 Å². The SMILES string of the molecule is CCNCc1cc(S(=O)(=O)NC(C)(C)C)c(C)s1. The maximum absolute atomic E-state index is 12.2. The average molecular weight is 290 g/mol. The summed E-state index contributed by atoms with van der Waals surface area (Å²) in [6, 6.07) is 1.76. The van der Waals surface area contributed by atoms with Gasteiger partial charge in [-0.25, -0.2) is 13.1 Å². The van der Waals surface area contributed by atoms with Crippen molar-refractivity contribution >= 4 is 21.4 Å². The molecule has 4 nitrogen and oxygen atoms in total. The molecule has 18 heavy (non-hydrogen) atoms. The zero-order valence-corrected chi connectivity index (χ0v) is 13.3. The van der Waals surface area contributed by atoms with Crippen molar-refractivity contribution in [3.63, 3.8) is 0 Å². The summed E-state index contributed by atoms with van der Waals surface area (Å²) in [6.45, 7) is 11.0. The molecule has 1 aromatic rings. The van der Waals surface area contributed by atoms with Crippen LogP contribution in [0.15, 0.2) is 11.0 Å². The number of nitrogens with one attached hydrogen (secondary N) is 2.